The van der Waals surface area contributed by atoms with Crippen LogP contribution in [0.3, 0.4) is 0 Å². The number of nitrogens with one attached hydrogen (secondary N) is 2. The second-order valence-electron chi connectivity index (χ2n) is 5.04. The van der Waals surface area contributed by atoms with Crippen LogP contribution in [0.1, 0.15) is 39.5 Å². The van der Waals surface area contributed by atoms with Crippen molar-refractivity contribution in [1.29, 1.82) is 0 Å². The first-order chi connectivity index (χ1) is 7.38. The van der Waals surface area contributed by atoms with Gasteiger partial charge in [0, 0.05) is 18.5 Å². The van der Waals surface area contributed by atoms with E-state index in [1.54, 1.807) is 0 Å². The zero-order valence-corrected chi connectivity index (χ0v) is 10.0. The first-order valence-electron chi connectivity index (χ1n) is 5.74. The Labute approximate surface area is 96.1 Å². The van der Waals surface area contributed by atoms with Crippen LogP contribution in [-0.4, -0.2) is 29.9 Å². The van der Waals surface area contributed by atoms with Gasteiger partial charge in [-0.1, -0.05) is 0 Å². The fourth-order valence-corrected chi connectivity index (χ4v) is 1.61. The smallest absolute Gasteiger partial charge is 0.242 e. The Kier molecular flexibility index (Phi) is 4.29. The van der Waals surface area contributed by atoms with E-state index in [2.05, 4.69) is 10.6 Å². The lowest BCUT2D eigenvalue weighted by Crippen LogP contribution is -2.50. The lowest BCUT2D eigenvalue weighted by molar-refractivity contribution is -0.130. The Morgan fingerprint density at radius 3 is 2.88 bits per heavy atom. The molecule has 2 amide bonds. The molecule has 0 aromatic rings. The summed E-state index contributed by atoms with van der Waals surface area (Å²) >= 11 is 0. The summed E-state index contributed by atoms with van der Waals surface area (Å²) < 4.78 is 0. The highest BCUT2D eigenvalue weighted by Gasteiger charge is 2.23. The first kappa shape index (κ1) is 13.0. The number of rotatable bonds is 4. The van der Waals surface area contributed by atoms with Crippen LogP contribution in [0.2, 0.25) is 0 Å². The van der Waals surface area contributed by atoms with Crippen molar-refractivity contribution >= 4 is 11.8 Å². The summed E-state index contributed by atoms with van der Waals surface area (Å²) in [5.41, 5.74) is 5.44. The summed E-state index contributed by atoms with van der Waals surface area (Å²) in [7, 11) is 0. The van der Waals surface area contributed by atoms with E-state index in [0.29, 0.717) is 19.4 Å². The van der Waals surface area contributed by atoms with E-state index in [9.17, 15) is 9.59 Å². The second kappa shape index (κ2) is 5.30. The minimum atomic E-state index is -0.359. The predicted octanol–water partition coefficient (Wildman–Crippen LogP) is -0.101. The summed E-state index contributed by atoms with van der Waals surface area (Å²) in [6.07, 6.45) is 2.63. The highest BCUT2D eigenvalue weighted by Crippen LogP contribution is 2.08. The van der Waals surface area contributed by atoms with E-state index in [1.165, 1.54) is 0 Å². The summed E-state index contributed by atoms with van der Waals surface area (Å²) in [6, 6.07) is -0.359. The van der Waals surface area contributed by atoms with Gasteiger partial charge in [-0.05, 0) is 33.1 Å². The lowest BCUT2D eigenvalue weighted by Gasteiger charge is -2.23. The average Bonchev–Trinajstić information content (AvgIpc) is 2.18. The number of carbonyl (C=O) groups is 2. The standard InChI is InChI=1S/C11H21N3O2/c1-11(2,12)6-5-9(15)14-8-4-3-7-13-10(8)16/h8H,3-7,12H2,1-2H3,(H,13,16)(H,14,15). The number of hydrogen-bond donors (Lipinski definition) is 3. The van der Waals surface area contributed by atoms with Gasteiger partial charge in [0.1, 0.15) is 6.04 Å². The van der Waals surface area contributed by atoms with Gasteiger partial charge in [-0.25, -0.2) is 0 Å². The van der Waals surface area contributed by atoms with Gasteiger partial charge in [0.05, 0.1) is 0 Å². The molecule has 0 saturated carbocycles. The molecule has 1 aliphatic rings. The molecule has 1 saturated heterocycles. The van der Waals surface area contributed by atoms with E-state index >= 15 is 0 Å². The molecular weight excluding hydrogens is 206 g/mol. The quantitative estimate of drug-likeness (QED) is 0.627. The molecule has 0 radical (unpaired) electrons. The van der Waals surface area contributed by atoms with Gasteiger partial charge in [0.15, 0.2) is 0 Å². The number of piperidine rings is 1. The highest BCUT2D eigenvalue weighted by atomic mass is 16.2. The third kappa shape index (κ3) is 4.61. The van der Waals surface area contributed by atoms with Crippen molar-refractivity contribution in [2.24, 2.45) is 5.73 Å². The van der Waals surface area contributed by atoms with Gasteiger partial charge in [-0.3, -0.25) is 9.59 Å². The molecular formula is C11H21N3O2. The molecule has 1 atom stereocenters. The third-order valence-electron chi connectivity index (χ3n) is 2.62. The number of carbonyl (C=O) groups excluding carboxylic acids is 2. The monoisotopic (exact) mass is 227 g/mol. The Hall–Kier alpha value is -1.10. The summed E-state index contributed by atoms with van der Waals surface area (Å²) in [6.45, 7) is 4.47. The van der Waals surface area contributed by atoms with Crippen LogP contribution in [0.25, 0.3) is 0 Å². The number of hydrogen-bond acceptors (Lipinski definition) is 3. The van der Waals surface area contributed by atoms with E-state index in [0.717, 1.165) is 12.8 Å². The van der Waals surface area contributed by atoms with Crippen LogP contribution in [0.4, 0.5) is 0 Å². The molecule has 4 N–H and O–H groups in total. The molecule has 5 heteroatoms. The molecule has 0 aromatic carbocycles. The molecule has 0 spiro atoms. The Bertz CT molecular complexity index is 271. The molecule has 0 aliphatic carbocycles. The van der Waals surface area contributed by atoms with Gasteiger partial charge < -0.3 is 16.4 Å². The van der Waals surface area contributed by atoms with Crippen molar-refractivity contribution in [2.75, 3.05) is 6.54 Å². The third-order valence-corrected chi connectivity index (χ3v) is 2.62. The van der Waals surface area contributed by atoms with Gasteiger partial charge in [-0.15, -0.1) is 0 Å². The summed E-state index contributed by atoms with van der Waals surface area (Å²) in [4.78, 5) is 22.9. The topological polar surface area (TPSA) is 84.2 Å². The lowest BCUT2D eigenvalue weighted by atomic mass is 9.99. The SMILES string of the molecule is CC(C)(N)CCC(=O)NC1CCCNC1=O. The average molecular weight is 227 g/mol. The molecule has 1 aliphatic heterocycles. The molecule has 16 heavy (non-hydrogen) atoms. The molecule has 1 unspecified atom stereocenters. The first-order valence-corrected chi connectivity index (χ1v) is 5.74. The largest absolute Gasteiger partial charge is 0.354 e. The molecule has 1 fully saturated rings. The van der Waals surface area contributed by atoms with Crippen LogP contribution in [-0.2, 0) is 9.59 Å². The Balaban J connectivity index is 2.30. The van der Waals surface area contributed by atoms with E-state index in [-0.39, 0.29) is 23.4 Å². The molecule has 5 nitrogen and oxygen atoms in total. The van der Waals surface area contributed by atoms with Gasteiger partial charge in [-0.2, -0.15) is 0 Å². The van der Waals surface area contributed by atoms with Crippen LogP contribution in [0, 0.1) is 0 Å². The number of amides is 2. The van der Waals surface area contributed by atoms with Crippen LogP contribution in [0.15, 0.2) is 0 Å². The Morgan fingerprint density at radius 1 is 1.62 bits per heavy atom. The van der Waals surface area contributed by atoms with Crippen molar-refractivity contribution in [3.63, 3.8) is 0 Å². The minimum absolute atomic E-state index is 0.0772. The van der Waals surface area contributed by atoms with Crippen molar-refractivity contribution in [3.05, 3.63) is 0 Å². The van der Waals surface area contributed by atoms with Crippen molar-refractivity contribution in [1.82, 2.24) is 10.6 Å². The maximum atomic E-state index is 11.6. The fourth-order valence-electron chi connectivity index (χ4n) is 1.61. The zero-order chi connectivity index (χ0) is 12.2. The van der Waals surface area contributed by atoms with Gasteiger partial charge in [0.25, 0.3) is 0 Å². The van der Waals surface area contributed by atoms with Crippen molar-refractivity contribution in [2.45, 2.75) is 51.1 Å². The maximum Gasteiger partial charge on any atom is 0.242 e. The minimum Gasteiger partial charge on any atom is -0.354 e. The maximum absolute atomic E-state index is 11.6. The normalized spacial score (nSPS) is 21.4. The molecule has 1 rings (SSSR count). The van der Waals surface area contributed by atoms with Gasteiger partial charge >= 0.3 is 0 Å². The van der Waals surface area contributed by atoms with Crippen molar-refractivity contribution in [3.8, 4) is 0 Å². The predicted molar refractivity (Wildman–Crippen MR) is 61.7 cm³/mol. The number of nitrogens with two attached hydrogens (primary N) is 1. The highest BCUT2D eigenvalue weighted by molar-refractivity contribution is 5.88. The zero-order valence-electron chi connectivity index (χ0n) is 10.0. The Morgan fingerprint density at radius 2 is 2.31 bits per heavy atom. The fraction of sp³-hybridized carbons (Fsp3) is 0.818. The van der Waals surface area contributed by atoms with E-state index in [1.807, 2.05) is 13.8 Å². The molecule has 0 aromatic heterocycles. The van der Waals surface area contributed by atoms with Gasteiger partial charge in [0.2, 0.25) is 11.8 Å². The summed E-state index contributed by atoms with van der Waals surface area (Å²) in [5, 5.41) is 5.47. The van der Waals surface area contributed by atoms with E-state index < -0.39 is 0 Å². The van der Waals surface area contributed by atoms with Crippen LogP contribution >= 0.6 is 0 Å². The van der Waals surface area contributed by atoms with E-state index in [4.69, 9.17) is 5.73 Å². The molecule has 1 heterocycles. The second-order valence-corrected chi connectivity index (χ2v) is 5.04. The van der Waals surface area contributed by atoms with Crippen molar-refractivity contribution < 1.29 is 9.59 Å². The summed E-state index contributed by atoms with van der Waals surface area (Å²) in [5.74, 6) is -0.174. The molecule has 0 bridgehead atoms. The van der Waals surface area contributed by atoms with Crippen LogP contribution in [0.5, 0.6) is 0 Å². The van der Waals surface area contributed by atoms with Crippen LogP contribution < -0.4 is 16.4 Å². The molecule has 92 valence electrons.